The van der Waals surface area contributed by atoms with Crippen molar-refractivity contribution in [3.63, 3.8) is 0 Å². The summed E-state index contributed by atoms with van der Waals surface area (Å²) in [6.45, 7) is 10.5. The molecule has 0 saturated heterocycles. The van der Waals surface area contributed by atoms with Crippen LogP contribution in [0.2, 0.25) is 0 Å². The SMILES string of the molecule is [CH2]C(C)CC(C)C. The highest BCUT2D eigenvalue weighted by molar-refractivity contribution is 4.55. The maximum Gasteiger partial charge on any atom is -0.0440 e. The summed E-state index contributed by atoms with van der Waals surface area (Å²) in [5, 5.41) is 0. The summed E-state index contributed by atoms with van der Waals surface area (Å²) in [6, 6.07) is 0. The molecule has 0 heterocycles. The smallest absolute Gasteiger partial charge is 0.0440 e. The summed E-state index contributed by atoms with van der Waals surface area (Å²) in [5.41, 5.74) is 0. The topological polar surface area (TPSA) is 0 Å². The standard InChI is InChI=1S/C7H15/c1-6(2)5-7(3)4/h6-7H,1,5H2,2-4H3. The second kappa shape index (κ2) is 3.06. The maximum absolute atomic E-state index is 3.88. The van der Waals surface area contributed by atoms with Gasteiger partial charge in [-0.2, -0.15) is 0 Å². The van der Waals surface area contributed by atoms with Crippen LogP contribution in [0.5, 0.6) is 0 Å². The summed E-state index contributed by atoms with van der Waals surface area (Å²) >= 11 is 0. The Morgan fingerprint density at radius 2 is 1.71 bits per heavy atom. The molecule has 0 aromatic carbocycles. The zero-order valence-corrected chi connectivity index (χ0v) is 5.57. The van der Waals surface area contributed by atoms with Gasteiger partial charge in [0.2, 0.25) is 0 Å². The number of rotatable bonds is 2. The van der Waals surface area contributed by atoms with Gasteiger partial charge in [-0.1, -0.05) is 27.7 Å². The highest BCUT2D eigenvalue weighted by Gasteiger charge is 1.95. The molecule has 0 saturated carbocycles. The first-order valence-corrected chi connectivity index (χ1v) is 2.96. The van der Waals surface area contributed by atoms with Gasteiger partial charge >= 0.3 is 0 Å². The van der Waals surface area contributed by atoms with E-state index in [-0.39, 0.29) is 0 Å². The van der Waals surface area contributed by atoms with Gasteiger partial charge in [0.25, 0.3) is 0 Å². The molecule has 0 aromatic rings. The number of hydrogen-bond acceptors (Lipinski definition) is 0. The minimum absolute atomic E-state index is 0.625. The molecule has 0 aliphatic rings. The third-order valence-electron chi connectivity index (χ3n) is 0.874. The summed E-state index contributed by atoms with van der Waals surface area (Å²) in [4.78, 5) is 0. The predicted octanol–water partition coefficient (Wildman–Crippen LogP) is 2.50. The summed E-state index contributed by atoms with van der Waals surface area (Å²) in [6.07, 6.45) is 1.25. The Morgan fingerprint density at radius 1 is 1.29 bits per heavy atom. The van der Waals surface area contributed by atoms with Crippen LogP contribution >= 0.6 is 0 Å². The zero-order chi connectivity index (χ0) is 5.86. The van der Waals surface area contributed by atoms with E-state index in [0.717, 1.165) is 5.92 Å². The second-order valence-electron chi connectivity index (χ2n) is 2.73. The molecule has 0 aliphatic heterocycles. The molecule has 0 N–H and O–H groups in total. The molecular formula is C7H15. The Morgan fingerprint density at radius 3 is 1.71 bits per heavy atom. The third kappa shape index (κ3) is 6.00. The van der Waals surface area contributed by atoms with Crippen molar-refractivity contribution in [1.82, 2.24) is 0 Å². The van der Waals surface area contributed by atoms with Gasteiger partial charge in [-0.05, 0) is 18.3 Å². The van der Waals surface area contributed by atoms with E-state index in [1.54, 1.807) is 0 Å². The van der Waals surface area contributed by atoms with Crippen LogP contribution in [0.15, 0.2) is 0 Å². The van der Waals surface area contributed by atoms with Gasteiger partial charge in [-0.15, -0.1) is 0 Å². The zero-order valence-electron chi connectivity index (χ0n) is 5.57. The minimum Gasteiger partial charge on any atom is -0.0628 e. The van der Waals surface area contributed by atoms with Gasteiger partial charge in [0, 0.05) is 0 Å². The van der Waals surface area contributed by atoms with Crippen molar-refractivity contribution in [2.75, 3.05) is 0 Å². The van der Waals surface area contributed by atoms with Gasteiger partial charge in [0.1, 0.15) is 0 Å². The van der Waals surface area contributed by atoms with Crippen molar-refractivity contribution in [2.45, 2.75) is 27.2 Å². The molecule has 0 bridgehead atoms. The first-order valence-electron chi connectivity index (χ1n) is 2.96. The lowest BCUT2D eigenvalue weighted by Gasteiger charge is -2.05. The lowest BCUT2D eigenvalue weighted by molar-refractivity contribution is 0.501. The molecular weight excluding hydrogens is 84.1 g/mol. The molecule has 7 heavy (non-hydrogen) atoms. The van der Waals surface area contributed by atoms with E-state index in [9.17, 15) is 0 Å². The van der Waals surface area contributed by atoms with Crippen molar-refractivity contribution >= 4 is 0 Å². The molecule has 1 unspecified atom stereocenters. The molecule has 1 atom stereocenters. The van der Waals surface area contributed by atoms with Crippen molar-refractivity contribution in [3.8, 4) is 0 Å². The maximum atomic E-state index is 3.88. The van der Waals surface area contributed by atoms with Gasteiger partial charge < -0.3 is 0 Å². The van der Waals surface area contributed by atoms with Crippen molar-refractivity contribution < 1.29 is 0 Å². The third-order valence-corrected chi connectivity index (χ3v) is 0.874. The predicted molar refractivity (Wildman–Crippen MR) is 34.0 cm³/mol. The normalized spacial score (nSPS) is 11.1. The van der Waals surface area contributed by atoms with Crippen LogP contribution in [0.3, 0.4) is 0 Å². The van der Waals surface area contributed by atoms with Crippen LogP contribution in [0.25, 0.3) is 0 Å². The molecule has 0 fully saturated rings. The average Bonchev–Trinajstić information content (AvgIpc) is 1.27. The van der Waals surface area contributed by atoms with Crippen LogP contribution in [0.4, 0.5) is 0 Å². The summed E-state index contributed by atoms with van der Waals surface area (Å²) in [5.74, 6) is 1.44. The largest absolute Gasteiger partial charge is 0.0628 e. The van der Waals surface area contributed by atoms with Crippen LogP contribution in [-0.4, -0.2) is 0 Å². The Balaban J connectivity index is 2.95. The van der Waals surface area contributed by atoms with Crippen molar-refractivity contribution in [2.24, 2.45) is 11.8 Å². The Kier molecular flexibility index (Phi) is 3.06. The lowest BCUT2D eigenvalue weighted by atomic mass is 10.0. The Hall–Kier alpha value is 0. The quantitative estimate of drug-likeness (QED) is 0.499. The van der Waals surface area contributed by atoms with Gasteiger partial charge in [0.15, 0.2) is 0 Å². The fourth-order valence-electron chi connectivity index (χ4n) is 0.805. The van der Waals surface area contributed by atoms with E-state index >= 15 is 0 Å². The monoisotopic (exact) mass is 99.1 g/mol. The summed E-state index contributed by atoms with van der Waals surface area (Å²) in [7, 11) is 0. The van der Waals surface area contributed by atoms with E-state index in [1.165, 1.54) is 6.42 Å². The van der Waals surface area contributed by atoms with Crippen LogP contribution < -0.4 is 0 Å². The molecule has 0 rings (SSSR count). The van der Waals surface area contributed by atoms with Gasteiger partial charge in [-0.25, -0.2) is 0 Å². The van der Waals surface area contributed by atoms with E-state index in [2.05, 4.69) is 27.7 Å². The van der Waals surface area contributed by atoms with Crippen LogP contribution in [0, 0.1) is 18.8 Å². The van der Waals surface area contributed by atoms with Crippen molar-refractivity contribution in [1.29, 1.82) is 0 Å². The average molecular weight is 99.2 g/mol. The van der Waals surface area contributed by atoms with E-state index < -0.39 is 0 Å². The fraction of sp³-hybridized carbons (Fsp3) is 0.857. The Labute approximate surface area is 46.9 Å². The molecule has 0 heteroatoms. The molecule has 0 aromatic heterocycles. The molecule has 1 radical (unpaired) electrons. The van der Waals surface area contributed by atoms with E-state index in [0.29, 0.717) is 5.92 Å². The molecule has 0 nitrogen and oxygen atoms in total. The van der Waals surface area contributed by atoms with Crippen molar-refractivity contribution in [3.05, 3.63) is 6.92 Å². The first kappa shape index (κ1) is 7.00. The summed E-state index contributed by atoms with van der Waals surface area (Å²) < 4.78 is 0. The van der Waals surface area contributed by atoms with Crippen LogP contribution in [0.1, 0.15) is 27.2 Å². The Bertz CT molecular complexity index is 29.3. The first-order chi connectivity index (χ1) is 3.13. The fourth-order valence-corrected chi connectivity index (χ4v) is 0.805. The van der Waals surface area contributed by atoms with Gasteiger partial charge in [0.05, 0.1) is 0 Å². The second-order valence-corrected chi connectivity index (χ2v) is 2.73. The molecule has 0 spiro atoms. The highest BCUT2D eigenvalue weighted by atomic mass is 14.0. The minimum atomic E-state index is 0.625. The van der Waals surface area contributed by atoms with E-state index in [1.807, 2.05) is 0 Å². The van der Waals surface area contributed by atoms with Gasteiger partial charge in [-0.3, -0.25) is 0 Å². The van der Waals surface area contributed by atoms with Crippen LogP contribution in [-0.2, 0) is 0 Å². The van der Waals surface area contributed by atoms with E-state index in [4.69, 9.17) is 0 Å². The molecule has 0 aliphatic carbocycles. The lowest BCUT2D eigenvalue weighted by Crippen LogP contribution is -1.93. The molecule has 0 amide bonds. The molecule has 43 valence electrons. The highest BCUT2D eigenvalue weighted by Crippen LogP contribution is 2.07. The number of hydrogen-bond donors (Lipinski definition) is 0.